The molecule has 0 N–H and O–H groups in total. The molecule has 0 spiro atoms. The molecule has 0 aromatic heterocycles. The molecular formula is C17H26FNO3Si. The molecular weight excluding hydrogens is 313 g/mol. The van der Waals surface area contributed by atoms with Crippen LogP contribution < -0.4 is 4.43 Å². The van der Waals surface area contributed by atoms with Crippen molar-refractivity contribution in [3.63, 3.8) is 0 Å². The third-order valence-electron chi connectivity index (χ3n) is 4.58. The second-order valence-electron chi connectivity index (χ2n) is 7.70. The van der Waals surface area contributed by atoms with Crippen molar-refractivity contribution in [2.45, 2.75) is 58.5 Å². The summed E-state index contributed by atoms with van der Waals surface area (Å²) in [6.45, 7) is 13.2. The van der Waals surface area contributed by atoms with E-state index in [-0.39, 0.29) is 28.8 Å². The number of hydrogen-bond acceptors (Lipinski definition) is 3. The molecule has 0 saturated carbocycles. The first-order chi connectivity index (χ1) is 10.5. The monoisotopic (exact) mass is 339 g/mol. The Bertz CT molecular complexity index is 598. The average molecular weight is 339 g/mol. The van der Waals surface area contributed by atoms with Gasteiger partial charge in [-0.25, -0.2) is 9.18 Å². The zero-order chi connectivity index (χ0) is 17.4. The largest absolute Gasteiger partial charge is 0.542 e. The van der Waals surface area contributed by atoms with Crippen molar-refractivity contribution >= 4 is 14.4 Å². The summed E-state index contributed by atoms with van der Waals surface area (Å²) in [6.07, 6.45) is -0.465. The number of amides is 1. The molecule has 1 aliphatic heterocycles. The van der Waals surface area contributed by atoms with E-state index in [0.29, 0.717) is 13.1 Å². The Labute approximate surface area is 138 Å². The maximum absolute atomic E-state index is 14.4. The predicted molar refractivity (Wildman–Crippen MR) is 90.6 cm³/mol. The summed E-state index contributed by atoms with van der Waals surface area (Å²) in [6, 6.07) is 4.91. The normalized spacial score (nSPS) is 19.0. The van der Waals surface area contributed by atoms with Crippen LogP contribution in [0.1, 0.15) is 33.3 Å². The van der Waals surface area contributed by atoms with Crippen molar-refractivity contribution in [3.05, 3.63) is 29.6 Å². The first-order valence-electron chi connectivity index (χ1n) is 7.92. The van der Waals surface area contributed by atoms with Crippen molar-refractivity contribution in [3.8, 4) is 5.75 Å². The van der Waals surface area contributed by atoms with Gasteiger partial charge in [0, 0.05) is 6.54 Å². The number of benzene rings is 1. The van der Waals surface area contributed by atoms with E-state index in [4.69, 9.17) is 9.16 Å². The Balaban J connectivity index is 2.11. The van der Waals surface area contributed by atoms with Crippen molar-refractivity contribution in [1.29, 1.82) is 0 Å². The third-order valence-corrected chi connectivity index (χ3v) is 8.92. The molecule has 6 heteroatoms. The Hall–Kier alpha value is -1.56. The highest BCUT2D eigenvalue weighted by Crippen LogP contribution is 2.38. The standard InChI is InChI=1S/C17H26FNO3Si/c1-12-10-19(16(20)21-12)11-13-7-8-15(14(18)9-13)22-23(5,6)17(2,3)4/h7-9,12H,10-11H2,1-6H3/t12-/m1/s1. The van der Waals surface area contributed by atoms with Crippen LogP contribution >= 0.6 is 0 Å². The number of cyclic esters (lactones) is 1. The van der Waals surface area contributed by atoms with Gasteiger partial charge in [-0.2, -0.15) is 0 Å². The summed E-state index contributed by atoms with van der Waals surface area (Å²) in [5.74, 6) is -0.0920. The SMILES string of the molecule is C[C@@H]1CN(Cc2ccc(O[Si](C)(C)C(C)(C)C)c(F)c2)C(=O)O1. The highest BCUT2D eigenvalue weighted by atomic mass is 28.4. The van der Waals surface area contributed by atoms with Crippen LogP contribution in [0.2, 0.25) is 18.1 Å². The Morgan fingerprint density at radius 3 is 2.52 bits per heavy atom. The number of ether oxygens (including phenoxy) is 1. The van der Waals surface area contributed by atoms with Gasteiger partial charge in [-0.05, 0) is 42.8 Å². The van der Waals surface area contributed by atoms with Gasteiger partial charge in [0.1, 0.15) is 11.9 Å². The number of nitrogens with zero attached hydrogens (tertiary/aromatic N) is 1. The Morgan fingerprint density at radius 1 is 1.39 bits per heavy atom. The van der Waals surface area contributed by atoms with E-state index in [1.165, 1.54) is 6.07 Å². The molecule has 1 saturated heterocycles. The number of hydrogen-bond donors (Lipinski definition) is 0. The van der Waals surface area contributed by atoms with E-state index in [1.807, 2.05) is 13.0 Å². The number of rotatable bonds is 4. The summed E-state index contributed by atoms with van der Waals surface area (Å²) in [5, 5.41) is 0.00750. The van der Waals surface area contributed by atoms with Crippen LogP contribution in [0.3, 0.4) is 0 Å². The quantitative estimate of drug-likeness (QED) is 0.755. The molecule has 1 aliphatic rings. The lowest BCUT2D eigenvalue weighted by Crippen LogP contribution is -2.44. The molecule has 1 heterocycles. The fourth-order valence-corrected chi connectivity index (χ4v) is 3.19. The lowest BCUT2D eigenvalue weighted by molar-refractivity contribution is 0.137. The molecule has 4 nitrogen and oxygen atoms in total. The molecule has 0 aliphatic carbocycles. The molecule has 1 fully saturated rings. The Morgan fingerprint density at radius 2 is 2.04 bits per heavy atom. The van der Waals surface area contributed by atoms with Gasteiger partial charge in [0.15, 0.2) is 5.82 Å². The molecule has 128 valence electrons. The highest BCUT2D eigenvalue weighted by Gasteiger charge is 2.39. The predicted octanol–water partition coefficient (Wildman–Crippen LogP) is 4.55. The van der Waals surface area contributed by atoms with Crippen LogP contribution in [0.25, 0.3) is 0 Å². The van der Waals surface area contributed by atoms with Crippen LogP contribution in [-0.4, -0.2) is 32.0 Å². The smallest absolute Gasteiger partial charge is 0.410 e. The third kappa shape index (κ3) is 4.05. The molecule has 0 bridgehead atoms. The summed E-state index contributed by atoms with van der Waals surface area (Å²) < 4.78 is 25.5. The zero-order valence-electron chi connectivity index (χ0n) is 14.8. The number of carbonyl (C=O) groups is 1. The van der Waals surface area contributed by atoms with Gasteiger partial charge in [0.25, 0.3) is 8.32 Å². The van der Waals surface area contributed by atoms with Crippen LogP contribution in [0.5, 0.6) is 5.75 Å². The van der Waals surface area contributed by atoms with Crippen LogP contribution in [0.4, 0.5) is 9.18 Å². The van der Waals surface area contributed by atoms with Crippen LogP contribution in [0.15, 0.2) is 18.2 Å². The van der Waals surface area contributed by atoms with E-state index in [0.717, 1.165) is 5.56 Å². The summed E-state index contributed by atoms with van der Waals surface area (Å²) in [5.41, 5.74) is 0.733. The maximum atomic E-state index is 14.4. The minimum Gasteiger partial charge on any atom is -0.542 e. The second kappa shape index (κ2) is 6.15. The molecule has 2 rings (SSSR count). The first kappa shape index (κ1) is 17.8. The van der Waals surface area contributed by atoms with E-state index < -0.39 is 8.32 Å². The van der Waals surface area contributed by atoms with Gasteiger partial charge in [-0.15, -0.1) is 0 Å². The van der Waals surface area contributed by atoms with E-state index >= 15 is 0 Å². The molecule has 1 aromatic carbocycles. The van der Waals surface area contributed by atoms with Gasteiger partial charge in [-0.1, -0.05) is 26.8 Å². The van der Waals surface area contributed by atoms with E-state index in [9.17, 15) is 9.18 Å². The molecule has 23 heavy (non-hydrogen) atoms. The first-order valence-corrected chi connectivity index (χ1v) is 10.8. The lowest BCUT2D eigenvalue weighted by atomic mass is 10.2. The minimum absolute atomic E-state index is 0.00750. The second-order valence-corrected chi connectivity index (χ2v) is 12.4. The van der Waals surface area contributed by atoms with Gasteiger partial charge in [0.2, 0.25) is 0 Å². The van der Waals surface area contributed by atoms with Crippen molar-refractivity contribution < 1.29 is 18.3 Å². The molecule has 0 unspecified atom stereocenters. The highest BCUT2D eigenvalue weighted by molar-refractivity contribution is 6.74. The zero-order valence-corrected chi connectivity index (χ0v) is 15.8. The fourth-order valence-electron chi connectivity index (χ4n) is 2.17. The van der Waals surface area contributed by atoms with Crippen molar-refractivity contribution in [2.75, 3.05) is 6.54 Å². The van der Waals surface area contributed by atoms with Gasteiger partial charge in [-0.3, -0.25) is 0 Å². The Kier molecular flexibility index (Phi) is 4.75. The van der Waals surface area contributed by atoms with Gasteiger partial charge in [0.05, 0.1) is 6.54 Å². The van der Waals surface area contributed by atoms with Gasteiger partial charge < -0.3 is 14.1 Å². The van der Waals surface area contributed by atoms with Gasteiger partial charge >= 0.3 is 6.09 Å². The summed E-state index contributed by atoms with van der Waals surface area (Å²) >= 11 is 0. The van der Waals surface area contributed by atoms with Crippen LogP contribution in [0, 0.1) is 5.82 Å². The van der Waals surface area contributed by atoms with Crippen molar-refractivity contribution in [2.24, 2.45) is 0 Å². The van der Waals surface area contributed by atoms with E-state index in [1.54, 1.807) is 11.0 Å². The molecule has 1 atom stereocenters. The summed E-state index contributed by atoms with van der Waals surface area (Å²) in [4.78, 5) is 13.2. The van der Waals surface area contributed by atoms with E-state index in [2.05, 4.69) is 33.9 Å². The van der Waals surface area contributed by atoms with Crippen molar-refractivity contribution in [1.82, 2.24) is 4.90 Å². The average Bonchev–Trinajstić information content (AvgIpc) is 2.69. The molecule has 0 radical (unpaired) electrons. The summed E-state index contributed by atoms with van der Waals surface area (Å²) in [7, 11) is -2.07. The maximum Gasteiger partial charge on any atom is 0.410 e. The topological polar surface area (TPSA) is 38.8 Å². The number of carbonyl (C=O) groups excluding carboxylic acids is 1. The van der Waals surface area contributed by atoms with Crippen LogP contribution in [-0.2, 0) is 11.3 Å². The molecule has 1 aromatic rings. The fraction of sp³-hybridized carbons (Fsp3) is 0.588. The molecule has 1 amide bonds. The minimum atomic E-state index is -2.07. The lowest BCUT2D eigenvalue weighted by Gasteiger charge is -2.36. The number of halogens is 1.